The van der Waals surface area contributed by atoms with Gasteiger partial charge in [-0.15, -0.1) is 0 Å². The smallest absolute Gasteiger partial charge is 0.0907 e. The van der Waals surface area contributed by atoms with Gasteiger partial charge in [-0.2, -0.15) is 0 Å². The van der Waals surface area contributed by atoms with E-state index in [1.165, 1.54) is 19.3 Å². The molecule has 1 saturated carbocycles. The summed E-state index contributed by atoms with van der Waals surface area (Å²) >= 11 is 0. The highest BCUT2D eigenvalue weighted by Gasteiger charge is 2.48. The normalized spacial score (nSPS) is 32.1. The van der Waals surface area contributed by atoms with E-state index in [-0.39, 0.29) is 5.60 Å². The van der Waals surface area contributed by atoms with Crippen LogP contribution in [0.3, 0.4) is 0 Å². The zero-order chi connectivity index (χ0) is 11.6. The Bertz CT molecular complexity index is 237. The molecule has 94 valence electrons. The molecule has 0 bridgehead atoms. The van der Waals surface area contributed by atoms with Crippen LogP contribution in [0, 0.1) is 5.92 Å². The number of hydrogen-bond acceptors (Lipinski definition) is 3. The molecule has 2 atom stereocenters. The molecule has 2 aliphatic rings. The molecule has 0 amide bonds. The highest BCUT2D eigenvalue weighted by Crippen LogP contribution is 2.47. The van der Waals surface area contributed by atoms with Crippen molar-refractivity contribution in [2.75, 3.05) is 20.3 Å². The third-order valence-electron chi connectivity index (χ3n) is 4.52. The van der Waals surface area contributed by atoms with Gasteiger partial charge in [0.25, 0.3) is 0 Å². The second-order valence-corrected chi connectivity index (χ2v) is 5.46. The van der Waals surface area contributed by atoms with E-state index in [1.54, 1.807) is 7.11 Å². The Hall–Kier alpha value is -0.120. The third kappa shape index (κ3) is 2.13. The van der Waals surface area contributed by atoms with Crippen LogP contribution in [-0.2, 0) is 9.47 Å². The molecular formula is C13H24O3. The highest BCUT2D eigenvalue weighted by molar-refractivity contribution is 4.99. The molecule has 0 radical (unpaired) electrons. The zero-order valence-corrected chi connectivity index (χ0v) is 10.5. The fourth-order valence-corrected chi connectivity index (χ4v) is 3.16. The van der Waals surface area contributed by atoms with Gasteiger partial charge in [-0.3, -0.25) is 0 Å². The van der Waals surface area contributed by atoms with Gasteiger partial charge in [0.15, 0.2) is 0 Å². The average Bonchev–Trinajstić information content (AvgIpc) is 2.27. The maximum absolute atomic E-state index is 10.6. The second-order valence-electron chi connectivity index (χ2n) is 5.46. The summed E-state index contributed by atoms with van der Waals surface area (Å²) in [6, 6.07) is 0. The van der Waals surface area contributed by atoms with Gasteiger partial charge in [0.05, 0.1) is 17.8 Å². The first-order chi connectivity index (χ1) is 7.64. The SMILES string of the molecule is CCC(O)(COC)C1CCOC2(CCC2)C1. The van der Waals surface area contributed by atoms with Crippen LogP contribution in [0.4, 0.5) is 0 Å². The summed E-state index contributed by atoms with van der Waals surface area (Å²) < 4.78 is 11.1. The molecule has 1 aliphatic heterocycles. The van der Waals surface area contributed by atoms with Crippen molar-refractivity contribution < 1.29 is 14.6 Å². The fourth-order valence-electron chi connectivity index (χ4n) is 3.16. The Morgan fingerprint density at radius 1 is 1.50 bits per heavy atom. The van der Waals surface area contributed by atoms with Crippen molar-refractivity contribution in [2.24, 2.45) is 5.92 Å². The van der Waals surface area contributed by atoms with Gasteiger partial charge < -0.3 is 14.6 Å². The van der Waals surface area contributed by atoms with Gasteiger partial charge in [-0.05, 0) is 44.4 Å². The molecule has 2 rings (SSSR count). The lowest BCUT2D eigenvalue weighted by molar-refractivity contribution is -0.185. The van der Waals surface area contributed by atoms with Crippen LogP contribution in [-0.4, -0.2) is 36.6 Å². The zero-order valence-electron chi connectivity index (χ0n) is 10.5. The minimum Gasteiger partial charge on any atom is -0.387 e. The number of aliphatic hydroxyl groups is 1. The molecule has 0 aromatic heterocycles. The maximum Gasteiger partial charge on any atom is 0.0907 e. The Balaban J connectivity index is 2.01. The van der Waals surface area contributed by atoms with Crippen molar-refractivity contribution in [1.82, 2.24) is 0 Å². The highest BCUT2D eigenvalue weighted by atomic mass is 16.5. The van der Waals surface area contributed by atoms with E-state index in [0.29, 0.717) is 12.5 Å². The number of rotatable bonds is 4. The van der Waals surface area contributed by atoms with Crippen LogP contribution in [0.15, 0.2) is 0 Å². The number of ether oxygens (including phenoxy) is 2. The summed E-state index contributed by atoms with van der Waals surface area (Å²) in [7, 11) is 1.67. The van der Waals surface area contributed by atoms with Gasteiger partial charge >= 0.3 is 0 Å². The van der Waals surface area contributed by atoms with Crippen LogP contribution in [0.25, 0.3) is 0 Å². The van der Waals surface area contributed by atoms with Gasteiger partial charge in [0.1, 0.15) is 0 Å². The predicted octanol–water partition coefficient (Wildman–Crippen LogP) is 2.12. The van der Waals surface area contributed by atoms with E-state index in [2.05, 4.69) is 0 Å². The van der Waals surface area contributed by atoms with Crippen molar-refractivity contribution in [3.8, 4) is 0 Å². The van der Waals surface area contributed by atoms with Crippen molar-refractivity contribution in [3.05, 3.63) is 0 Å². The van der Waals surface area contributed by atoms with Crippen LogP contribution < -0.4 is 0 Å². The van der Waals surface area contributed by atoms with Crippen molar-refractivity contribution in [2.45, 2.75) is 56.7 Å². The third-order valence-corrected chi connectivity index (χ3v) is 4.52. The van der Waals surface area contributed by atoms with E-state index in [0.717, 1.165) is 25.9 Å². The minimum absolute atomic E-state index is 0.111. The van der Waals surface area contributed by atoms with Crippen LogP contribution in [0.1, 0.15) is 45.4 Å². The standard InChI is InChI=1S/C13H24O3/c1-3-13(14,10-15-2)11-5-8-16-12(9-11)6-4-7-12/h11,14H,3-10H2,1-2H3. The molecule has 2 unspecified atom stereocenters. The first-order valence-corrected chi connectivity index (χ1v) is 6.49. The fraction of sp³-hybridized carbons (Fsp3) is 1.00. The summed E-state index contributed by atoms with van der Waals surface area (Å²) in [4.78, 5) is 0. The molecule has 2 fully saturated rings. The van der Waals surface area contributed by atoms with Gasteiger partial charge in [0.2, 0.25) is 0 Å². The lowest BCUT2D eigenvalue weighted by Gasteiger charge is -2.50. The number of hydrogen-bond donors (Lipinski definition) is 1. The van der Waals surface area contributed by atoms with Crippen LogP contribution >= 0.6 is 0 Å². The molecule has 1 aliphatic carbocycles. The molecule has 1 saturated heterocycles. The van der Waals surface area contributed by atoms with Crippen LogP contribution in [0.5, 0.6) is 0 Å². The maximum atomic E-state index is 10.6. The summed E-state index contributed by atoms with van der Waals surface area (Å²) in [5.41, 5.74) is -0.541. The molecule has 1 heterocycles. The molecule has 16 heavy (non-hydrogen) atoms. The molecule has 3 heteroatoms. The molecule has 0 aromatic carbocycles. The lowest BCUT2D eigenvalue weighted by Crippen LogP contribution is -2.53. The van der Waals surface area contributed by atoms with Crippen molar-refractivity contribution >= 4 is 0 Å². The summed E-state index contributed by atoms with van der Waals surface area (Å²) in [6.07, 6.45) is 6.38. The Morgan fingerprint density at radius 3 is 2.75 bits per heavy atom. The largest absolute Gasteiger partial charge is 0.387 e. The van der Waals surface area contributed by atoms with Gasteiger partial charge in [-0.1, -0.05) is 6.92 Å². The molecule has 3 nitrogen and oxygen atoms in total. The number of methoxy groups -OCH3 is 1. The summed E-state index contributed by atoms with van der Waals surface area (Å²) in [6.45, 7) is 3.29. The van der Waals surface area contributed by atoms with E-state index in [4.69, 9.17) is 9.47 Å². The lowest BCUT2D eigenvalue weighted by atomic mass is 9.67. The Kier molecular flexibility index (Phi) is 3.57. The quantitative estimate of drug-likeness (QED) is 0.801. The molecule has 1 spiro atoms. The Labute approximate surface area is 98.1 Å². The average molecular weight is 228 g/mol. The van der Waals surface area contributed by atoms with E-state index < -0.39 is 5.60 Å². The summed E-state index contributed by atoms with van der Waals surface area (Å²) in [5, 5.41) is 10.6. The van der Waals surface area contributed by atoms with Crippen LogP contribution in [0.2, 0.25) is 0 Å². The summed E-state index contributed by atoms with van der Waals surface area (Å²) in [5.74, 6) is 0.339. The van der Waals surface area contributed by atoms with Crippen molar-refractivity contribution in [1.29, 1.82) is 0 Å². The van der Waals surface area contributed by atoms with E-state index in [9.17, 15) is 5.11 Å². The van der Waals surface area contributed by atoms with E-state index >= 15 is 0 Å². The first kappa shape index (κ1) is 12.3. The Morgan fingerprint density at radius 2 is 2.25 bits per heavy atom. The first-order valence-electron chi connectivity index (χ1n) is 6.49. The predicted molar refractivity (Wildman–Crippen MR) is 62.4 cm³/mol. The molecular weight excluding hydrogens is 204 g/mol. The van der Waals surface area contributed by atoms with Gasteiger partial charge in [0, 0.05) is 13.7 Å². The molecule has 1 N–H and O–H groups in total. The van der Waals surface area contributed by atoms with E-state index in [1.807, 2.05) is 6.92 Å². The van der Waals surface area contributed by atoms with Gasteiger partial charge in [-0.25, -0.2) is 0 Å². The minimum atomic E-state index is -0.652. The van der Waals surface area contributed by atoms with Crippen molar-refractivity contribution in [3.63, 3.8) is 0 Å². The second kappa shape index (κ2) is 4.63. The molecule has 0 aromatic rings. The topological polar surface area (TPSA) is 38.7 Å². The monoisotopic (exact) mass is 228 g/mol.